The smallest absolute Gasteiger partial charge is 0.226 e. The van der Waals surface area contributed by atoms with E-state index in [1.807, 2.05) is 13.8 Å². The molecule has 4 heteroatoms. The van der Waals surface area contributed by atoms with Crippen LogP contribution in [-0.4, -0.2) is 23.6 Å². The van der Waals surface area contributed by atoms with Crippen LogP contribution in [0.4, 0.5) is 5.69 Å². The molecule has 1 amide bonds. The molecule has 0 aliphatic rings. The van der Waals surface area contributed by atoms with Crippen molar-refractivity contribution in [3.63, 3.8) is 0 Å². The van der Waals surface area contributed by atoms with E-state index in [9.17, 15) is 9.90 Å². The number of para-hydroxylation sites is 1. The highest BCUT2D eigenvalue weighted by Crippen LogP contribution is 2.26. The van der Waals surface area contributed by atoms with Crippen LogP contribution in [0.3, 0.4) is 0 Å². The van der Waals surface area contributed by atoms with Gasteiger partial charge < -0.3 is 15.7 Å². The molecule has 94 valence electrons. The van der Waals surface area contributed by atoms with Crippen molar-refractivity contribution in [3.8, 4) is 5.75 Å². The zero-order valence-electron chi connectivity index (χ0n) is 10.6. The minimum absolute atomic E-state index is 0.0978. The van der Waals surface area contributed by atoms with Crippen LogP contribution < -0.4 is 10.6 Å². The van der Waals surface area contributed by atoms with E-state index in [1.54, 1.807) is 25.1 Å². The molecule has 17 heavy (non-hydrogen) atoms. The Bertz CT molecular complexity index is 391. The molecule has 1 aromatic rings. The second-order valence-electron chi connectivity index (χ2n) is 4.18. The Balaban J connectivity index is 2.59. The molecule has 0 spiro atoms. The quantitative estimate of drug-likeness (QED) is 0.685. The largest absolute Gasteiger partial charge is 0.505 e. The topological polar surface area (TPSA) is 61.4 Å². The van der Waals surface area contributed by atoms with Crippen LogP contribution in [0.5, 0.6) is 5.75 Å². The fourth-order valence-corrected chi connectivity index (χ4v) is 1.66. The molecule has 0 saturated heterocycles. The van der Waals surface area contributed by atoms with Crippen LogP contribution in [-0.2, 0) is 4.79 Å². The molecule has 0 radical (unpaired) electrons. The highest BCUT2D eigenvalue weighted by atomic mass is 16.3. The molecule has 1 atom stereocenters. The average Bonchev–Trinajstić information content (AvgIpc) is 2.25. The number of aryl methyl sites for hydroxylation is 1. The molecule has 0 aromatic heterocycles. The molecule has 0 heterocycles. The normalized spacial score (nSPS) is 12.2. The maximum Gasteiger partial charge on any atom is 0.226 e. The van der Waals surface area contributed by atoms with Gasteiger partial charge in [0.05, 0.1) is 5.69 Å². The molecule has 0 saturated carbocycles. The molecule has 1 aromatic carbocycles. The summed E-state index contributed by atoms with van der Waals surface area (Å²) in [5.74, 6) is 0.0382. The van der Waals surface area contributed by atoms with Crippen molar-refractivity contribution in [2.24, 2.45) is 0 Å². The SMILES string of the molecule is CCNC(C)CC(=O)Nc1cccc(C)c1O. The summed E-state index contributed by atoms with van der Waals surface area (Å²) in [5.41, 5.74) is 1.22. The van der Waals surface area contributed by atoms with Crippen molar-refractivity contribution in [2.75, 3.05) is 11.9 Å². The van der Waals surface area contributed by atoms with Crippen molar-refractivity contribution in [3.05, 3.63) is 23.8 Å². The summed E-state index contributed by atoms with van der Waals surface area (Å²) in [5, 5.41) is 15.6. The minimum atomic E-state index is -0.0978. The second kappa shape index (κ2) is 6.25. The van der Waals surface area contributed by atoms with Gasteiger partial charge in [0.2, 0.25) is 5.91 Å². The zero-order chi connectivity index (χ0) is 12.8. The lowest BCUT2D eigenvalue weighted by molar-refractivity contribution is -0.116. The zero-order valence-corrected chi connectivity index (χ0v) is 10.6. The van der Waals surface area contributed by atoms with E-state index < -0.39 is 0 Å². The average molecular weight is 236 g/mol. The Morgan fingerprint density at radius 3 is 2.82 bits per heavy atom. The summed E-state index contributed by atoms with van der Waals surface area (Å²) in [7, 11) is 0. The molecule has 0 aliphatic carbocycles. The van der Waals surface area contributed by atoms with Gasteiger partial charge in [0, 0.05) is 12.5 Å². The Morgan fingerprint density at radius 1 is 1.47 bits per heavy atom. The van der Waals surface area contributed by atoms with Crippen LogP contribution in [0.25, 0.3) is 0 Å². The van der Waals surface area contributed by atoms with Crippen LogP contribution in [0.2, 0.25) is 0 Å². The maximum atomic E-state index is 11.7. The van der Waals surface area contributed by atoms with Crippen LogP contribution in [0.1, 0.15) is 25.8 Å². The fraction of sp³-hybridized carbons (Fsp3) is 0.462. The number of hydrogen-bond donors (Lipinski definition) is 3. The Labute approximate surface area is 102 Å². The summed E-state index contributed by atoms with van der Waals surface area (Å²) < 4.78 is 0. The monoisotopic (exact) mass is 236 g/mol. The first-order valence-corrected chi connectivity index (χ1v) is 5.86. The van der Waals surface area contributed by atoms with Gasteiger partial charge in [-0.1, -0.05) is 19.1 Å². The van der Waals surface area contributed by atoms with E-state index in [-0.39, 0.29) is 17.7 Å². The fourth-order valence-electron chi connectivity index (χ4n) is 1.66. The van der Waals surface area contributed by atoms with E-state index in [4.69, 9.17) is 0 Å². The number of anilines is 1. The number of nitrogens with one attached hydrogen (secondary N) is 2. The third-order valence-corrected chi connectivity index (χ3v) is 2.56. The minimum Gasteiger partial charge on any atom is -0.505 e. The van der Waals surface area contributed by atoms with Gasteiger partial charge >= 0.3 is 0 Å². The third kappa shape index (κ3) is 4.07. The number of rotatable bonds is 5. The predicted octanol–water partition coefficient (Wildman–Crippen LogP) is 2.03. The van der Waals surface area contributed by atoms with Crippen molar-refractivity contribution < 1.29 is 9.90 Å². The molecule has 0 fully saturated rings. The highest BCUT2D eigenvalue weighted by molar-refractivity contribution is 5.92. The number of carbonyl (C=O) groups excluding carboxylic acids is 1. The van der Waals surface area contributed by atoms with E-state index in [2.05, 4.69) is 10.6 Å². The van der Waals surface area contributed by atoms with Crippen molar-refractivity contribution in [1.82, 2.24) is 5.32 Å². The summed E-state index contributed by atoms with van der Waals surface area (Å²) >= 11 is 0. The van der Waals surface area contributed by atoms with Crippen LogP contribution in [0.15, 0.2) is 18.2 Å². The molecule has 3 N–H and O–H groups in total. The van der Waals surface area contributed by atoms with Crippen molar-refractivity contribution in [2.45, 2.75) is 33.2 Å². The second-order valence-corrected chi connectivity index (χ2v) is 4.18. The number of benzene rings is 1. The van der Waals surface area contributed by atoms with Crippen molar-refractivity contribution in [1.29, 1.82) is 0 Å². The maximum absolute atomic E-state index is 11.7. The molecule has 4 nitrogen and oxygen atoms in total. The lowest BCUT2D eigenvalue weighted by Gasteiger charge is -2.13. The summed E-state index contributed by atoms with van der Waals surface area (Å²) in [6.07, 6.45) is 0.390. The first-order chi connectivity index (χ1) is 8.04. The van der Waals surface area contributed by atoms with Gasteiger partial charge in [-0.15, -0.1) is 0 Å². The van der Waals surface area contributed by atoms with Crippen LogP contribution in [0, 0.1) is 6.92 Å². The lowest BCUT2D eigenvalue weighted by atomic mass is 10.1. The number of phenolic OH excluding ortho intramolecular Hbond substituents is 1. The molecular weight excluding hydrogens is 216 g/mol. The van der Waals surface area contributed by atoms with Gasteiger partial charge in [0.1, 0.15) is 5.75 Å². The third-order valence-electron chi connectivity index (χ3n) is 2.56. The number of aromatic hydroxyl groups is 1. The Kier molecular flexibility index (Phi) is 4.97. The first-order valence-electron chi connectivity index (χ1n) is 5.86. The lowest BCUT2D eigenvalue weighted by Crippen LogP contribution is -2.30. The summed E-state index contributed by atoms with van der Waals surface area (Å²) in [4.78, 5) is 11.7. The van der Waals surface area contributed by atoms with Gasteiger partial charge in [0.15, 0.2) is 0 Å². The van der Waals surface area contributed by atoms with Crippen molar-refractivity contribution >= 4 is 11.6 Å². The Hall–Kier alpha value is -1.55. The molecule has 1 rings (SSSR count). The van der Waals surface area contributed by atoms with Gasteiger partial charge in [-0.25, -0.2) is 0 Å². The van der Waals surface area contributed by atoms with Gasteiger partial charge in [-0.05, 0) is 32.0 Å². The number of amides is 1. The van der Waals surface area contributed by atoms with Gasteiger partial charge in [-0.2, -0.15) is 0 Å². The molecule has 1 unspecified atom stereocenters. The number of hydrogen-bond acceptors (Lipinski definition) is 3. The van der Waals surface area contributed by atoms with Crippen LogP contribution >= 0.6 is 0 Å². The number of carbonyl (C=O) groups is 1. The molecule has 0 aliphatic heterocycles. The van der Waals surface area contributed by atoms with Gasteiger partial charge in [-0.3, -0.25) is 4.79 Å². The number of phenols is 1. The van der Waals surface area contributed by atoms with Gasteiger partial charge in [0.25, 0.3) is 0 Å². The standard InChI is InChI=1S/C13H20N2O2/c1-4-14-10(3)8-12(16)15-11-7-5-6-9(2)13(11)17/h5-7,10,14,17H,4,8H2,1-3H3,(H,15,16). The van der Waals surface area contributed by atoms with E-state index >= 15 is 0 Å². The van der Waals surface area contributed by atoms with E-state index in [0.717, 1.165) is 12.1 Å². The molecule has 0 bridgehead atoms. The van der Waals surface area contributed by atoms with E-state index in [1.165, 1.54) is 0 Å². The van der Waals surface area contributed by atoms with E-state index in [0.29, 0.717) is 12.1 Å². The molecular formula is C13H20N2O2. The highest BCUT2D eigenvalue weighted by Gasteiger charge is 2.10. The summed E-state index contributed by atoms with van der Waals surface area (Å²) in [6.45, 7) is 6.59. The Morgan fingerprint density at radius 2 is 2.18 bits per heavy atom. The predicted molar refractivity (Wildman–Crippen MR) is 69.2 cm³/mol. The first kappa shape index (κ1) is 13.5. The summed E-state index contributed by atoms with van der Waals surface area (Å²) in [6, 6.07) is 5.43.